The normalized spacial score (nSPS) is 14.5. The minimum atomic E-state index is -0.806. The number of rotatable bonds is 5. The molecule has 1 aliphatic heterocycles. The van der Waals surface area contributed by atoms with Crippen molar-refractivity contribution in [2.24, 2.45) is 0 Å². The van der Waals surface area contributed by atoms with Crippen LogP contribution in [0.15, 0.2) is 126 Å². The Morgan fingerprint density at radius 3 is 2.00 bits per heavy atom. The maximum Gasteiger partial charge on any atom is 0.335 e. The summed E-state index contributed by atoms with van der Waals surface area (Å²) in [5, 5.41) is 2.31. The number of urea groups is 1. The van der Waals surface area contributed by atoms with Crippen LogP contribution in [0.25, 0.3) is 34.3 Å². The van der Waals surface area contributed by atoms with Crippen molar-refractivity contribution in [3.05, 3.63) is 131 Å². The molecule has 3 heterocycles. The topological polar surface area (TPSA) is 84.3 Å². The molecule has 0 aliphatic carbocycles. The number of anilines is 1. The van der Waals surface area contributed by atoms with Crippen LogP contribution in [0.5, 0.6) is 0 Å². The molecule has 5 aromatic rings. The highest BCUT2D eigenvalue weighted by atomic mass is 79.9. The summed E-state index contributed by atoms with van der Waals surface area (Å²) in [6, 6.07) is 31.9. The summed E-state index contributed by atoms with van der Waals surface area (Å²) in [5.41, 5.74) is 5.24. The fourth-order valence-electron chi connectivity index (χ4n) is 4.75. The van der Waals surface area contributed by atoms with Gasteiger partial charge >= 0.3 is 6.03 Å². The summed E-state index contributed by atoms with van der Waals surface area (Å²) >= 11 is 3.52. The van der Waals surface area contributed by atoms with Gasteiger partial charge in [0.05, 0.1) is 17.1 Å². The van der Waals surface area contributed by atoms with E-state index in [4.69, 9.17) is 0 Å². The minimum Gasteiger partial charge on any atom is -0.309 e. The molecule has 0 saturated carbocycles. The van der Waals surface area contributed by atoms with Gasteiger partial charge in [0.1, 0.15) is 5.57 Å². The molecule has 4 amide bonds. The molecule has 1 N–H and O–H groups in total. The van der Waals surface area contributed by atoms with Crippen LogP contribution < -0.4 is 10.2 Å². The summed E-state index contributed by atoms with van der Waals surface area (Å²) in [5.74, 6) is -1.46. The molecule has 1 saturated heterocycles. The third-order valence-electron chi connectivity index (χ3n) is 6.55. The molecule has 0 bridgehead atoms. The molecule has 6 rings (SSSR count). The Morgan fingerprint density at radius 1 is 0.725 bits per heavy atom. The second-order valence-electron chi connectivity index (χ2n) is 9.04. The van der Waals surface area contributed by atoms with E-state index >= 15 is 0 Å². The zero-order chi connectivity index (χ0) is 27.6. The Labute approximate surface area is 238 Å². The van der Waals surface area contributed by atoms with E-state index in [1.807, 2.05) is 91.0 Å². The summed E-state index contributed by atoms with van der Waals surface area (Å²) in [6.45, 7) is 0. The molecule has 0 atom stereocenters. The summed E-state index contributed by atoms with van der Waals surface area (Å²) in [7, 11) is 0. The Morgan fingerprint density at radius 2 is 1.35 bits per heavy atom. The minimum absolute atomic E-state index is 0.152. The van der Waals surface area contributed by atoms with E-state index in [0.29, 0.717) is 11.3 Å². The van der Waals surface area contributed by atoms with Crippen molar-refractivity contribution in [2.45, 2.75) is 0 Å². The first kappa shape index (κ1) is 25.2. The van der Waals surface area contributed by atoms with E-state index in [1.54, 1.807) is 6.08 Å². The van der Waals surface area contributed by atoms with E-state index in [-0.39, 0.29) is 5.57 Å². The smallest absolute Gasteiger partial charge is 0.309 e. The van der Waals surface area contributed by atoms with E-state index in [1.165, 1.54) is 24.5 Å². The molecular formula is C32H21BrN4O3. The van der Waals surface area contributed by atoms with Gasteiger partial charge in [-0.3, -0.25) is 19.9 Å². The van der Waals surface area contributed by atoms with Crippen LogP contribution in [0.4, 0.5) is 10.5 Å². The maximum absolute atomic E-state index is 13.6. The number of halogens is 1. The average Bonchev–Trinajstić information content (AvgIpc) is 3.36. The average molecular weight is 589 g/mol. The van der Waals surface area contributed by atoms with Gasteiger partial charge in [-0.2, -0.15) is 0 Å². The lowest BCUT2D eigenvalue weighted by Crippen LogP contribution is -2.54. The van der Waals surface area contributed by atoms with Gasteiger partial charge in [-0.25, -0.2) is 9.69 Å². The highest BCUT2D eigenvalue weighted by Gasteiger charge is 2.37. The molecule has 0 spiro atoms. The molecule has 2 aromatic heterocycles. The fourth-order valence-corrected chi connectivity index (χ4v) is 5.02. The van der Waals surface area contributed by atoms with Gasteiger partial charge in [-0.15, -0.1) is 0 Å². The van der Waals surface area contributed by atoms with E-state index < -0.39 is 17.8 Å². The number of benzene rings is 3. The second kappa shape index (κ2) is 10.6. The lowest BCUT2D eigenvalue weighted by atomic mass is 10.0. The molecular weight excluding hydrogens is 568 g/mol. The third-order valence-corrected chi connectivity index (χ3v) is 7.08. The number of carbonyl (C=O) groups excluding carboxylic acids is 3. The number of hydrogen-bond donors (Lipinski definition) is 1. The molecule has 1 aliphatic rings. The monoisotopic (exact) mass is 588 g/mol. The fraction of sp³-hybridized carbons (Fsp3) is 0. The van der Waals surface area contributed by atoms with Gasteiger partial charge in [0.2, 0.25) is 0 Å². The molecule has 3 aromatic carbocycles. The number of hydrogen-bond acceptors (Lipinski definition) is 4. The van der Waals surface area contributed by atoms with Crippen LogP contribution >= 0.6 is 15.9 Å². The molecule has 1 fully saturated rings. The quantitative estimate of drug-likeness (QED) is 0.184. The first-order chi connectivity index (χ1) is 19.5. The Balaban J connectivity index is 1.60. The van der Waals surface area contributed by atoms with Crippen molar-refractivity contribution < 1.29 is 14.4 Å². The molecule has 194 valence electrons. The van der Waals surface area contributed by atoms with E-state index in [2.05, 4.69) is 30.8 Å². The van der Waals surface area contributed by atoms with Crippen LogP contribution in [0.2, 0.25) is 0 Å². The third kappa shape index (κ3) is 4.65. The standard InChI is InChI=1S/C32H21BrN4O3/c33-24-11-13-25(14-12-24)36-28(21-7-3-1-4-8-21)20-23(29(36)22-9-5-2-6-10-22)19-27-30(38)35-32(40)37(31(27)39)26-15-17-34-18-16-26/h1-20H,(H,35,38,40)/b27-19-. The number of nitrogens with one attached hydrogen (secondary N) is 1. The van der Waals surface area contributed by atoms with Crippen molar-refractivity contribution in [3.8, 4) is 28.2 Å². The van der Waals surface area contributed by atoms with Crippen molar-refractivity contribution in [3.63, 3.8) is 0 Å². The van der Waals surface area contributed by atoms with Gasteiger partial charge in [-0.05, 0) is 59.7 Å². The summed E-state index contributed by atoms with van der Waals surface area (Å²) in [4.78, 5) is 44.2. The van der Waals surface area contributed by atoms with Gasteiger partial charge in [0.25, 0.3) is 11.8 Å². The van der Waals surface area contributed by atoms with Crippen molar-refractivity contribution in [2.75, 3.05) is 4.90 Å². The van der Waals surface area contributed by atoms with Gasteiger partial charge in [0, 0.05) is 28.1 Å². The predicted molar refractivity (Wildman–Crippen MR) is 158 cm³/mol. The Kier molecular flexibility index (Phi) is 6.67. The molecule has 0 radical (unpaired) electrons. The second-order valence-corrected chi connectivity index (χ2v) is 9.96. The predicted octanol–water partition coefficient (Wildman–Crippen LogP) is 6.64. The van der Waals surface area contributed by atoms with Gasteiger partial charge < -0.3 is 4.57 Å². The molecule has 40 heavy (non-hydrogen) atoms. The van der Waals surface area contributed by atoms with Crippen molar-refractivity contribution in [1.29, 1.82) is 0 Å². The van der Waals surface area contributed by atoms with Crippen LogP contribution in [-0.2, 0) is 9.59 Å². The first-order valence-electron chi connectivity index (χ1n) is 12.5. The highest BCUT2D eigenvalue weighted by Crippen LogP contribution is 2.38. The lowest BCUT2D eigenvalue weighted by molar-refractivity contribution is -0.122. The first-order valence-corrected chi connectivity index (χ1v) is 13.2. The largest absolute Gasteiger partial charge is 0.335 e. The van der Waals surface area contributed by atoms with Gasteiger partial charge in [0.15, 0.2) is 0 Å². The van der Waals surface area contributed by atoms with Crippen LogP contribution in [-0.4, -0.2) is 27.4 Å². The summed E-state index contributed by atoms with van der Waals surface area (Å²) < 4.78 is 3.05. The van der Waals surface area contributed by atoms with Crippen LogP contribution in [0.1, 0.15) is 5.56 Å². The number of imide groups is 2. The number of nitrogens with zero attached hydrogens (tertiary/aromatic N) is 3. The molecule has 0 unspecified atom stereocenters. The summed E-state index contributed by atoms with van der Waals surface area (Å²) in [6.07, 6.45) is 4.52. The number of carbonyl (C=O) groups is 3. The zero-order valence-electron chi connectivity index (χ0n) is 21.0. The SMILES string of the molecule is O=C1NC(=O)N(c2ccncc2)C(=O)/C1=C\c1cc(-c2ccccc2)n(-c2ccc(Br)cc2)c1-c1ccccc1. The van der Waals surface area contributed by atoms with Crippen molar-refractivity contribution >= 4 is 45.5 Å². The molecule has 7 nitrogen and oxygen atoms in total. The molecule has 8 heteroatoms. The Hall–Kier alpha value is -5.08. The number of pyridine rings is 1. The number of amides is 4. The van der Waals surface area contributed by atoms with E-state index in [9.17, 15) is 14.4 Å². The van der Waals surface area contributed by atoms with Crippen LogP contribution in [0.3, 0.4) is 0 Å². The Bertz CT molecular complexity index is 1760. The van der Waals surface area contributed by atoms with Gasteiger partial charge in [-0.1, -0.05) is 76.6 Å². The lowest BCUT2D eigenvalue weighted by Gasteiger charge is -2.26. The van der Waals surface area contributed by atoms with Crippen molar-refractivity contribution in [1.82, 2.24) is 14.9 Å². The maximum atomic E-state index is 13.6. The van der Waals surface area contributed by atoms with Crippen LogP contribution in [0, 0.1) is 0 Å². The number of barbiturate groups is 1. The highest BCUT2D eigenvalue weighted by molar-refractivity contribution is 9.10. The zero-order valence-corrected chi connectivity index (χ0v) is 22.6. The van der Waals surface area contributed by atoms with E-state index in [0.717, 1.165) is 37.6 Å². The number of aromatic nitrogens is 2.